The van der Waals surface area contributed by atoms with Gasteiger partial charge in [0.05, 0.1) is 6.04 Å². The van der Waals surface area contributed by atoms with Crippen LogP contribution in [0.4, 0.5) is 11.4 Å². The number of amides is 1. The van der Waals surface area contributed by atoms with Crippen LogP contribution in [0.3, 0.4) is 0 Å². The van der Waals surface area contributed by atoms with Crippen LogP contribution in [0.2, 0.25) is 0 Å². The van der Waals surface area contributed by atoms with Crippen LogP contribution in [0, 0.1) is 0 Å². The lowest BCUT2D eigenvalue weighted by molar-refractivity contribution is -0.118. The predicted octanol–water partition coefficient (Wildman–Crippen LogP) is 2.37. The average Bonchev–Trinajstić information content (AvgIpc) is 3.03. The van der Waals surface area contributed by atoms with E-state index in [0.29, 0.717) is 0 Å². The van der Waals surface area contributed by atoms with Crippen molar-refractivity contribution in [2.24, 2.45) is 0 Å². The fourth-order valence-corrected chi connectivity index (χ4v) is 3.04. The Morgan fingerprint density at radius 1 is 1.10 bits per heavy atom. The van der Waals surface area contributed by atoms with E-state index < -0.39 is 0 Å². The Bertz CT molecular complexity index is 445. The van der Waals surface area contributed by atoms with Crippen molar-refractivity contribution in [3.63, 3.8) is 0 Å². The second-order valence-corrected chi connectivity index (χ2v) is 5.73. The molecular formula is C16H23N3O. The topological polar surface area (TPSA) is 44.4 Å². The van der Waals surface area contributed by atoms with Gasteiger partial charge in [-0.15, -0.1) is 0 Å². The van der Waals surface area contributed by atoms with Crippen molar-refractivity contribution in [3.05, 3.63) is 24.3 Å². The van der Waals surface area contributed by atoms with Crippen molar-refractivity contribution in [3.8, 4) is 0 Å². The van der Waals surface area contributed by atoms with Crippen LogP contribution in [0.15, 0.2) is 24.3 Å². The molecule has 2 saturated heterocycles. The number of nitrogens with zero attached hydrogens (tertiary/aromatic N) is 1. The molecule has 0 unspecified atom stereocenters. The Morgan fingerprint density at radius 3 is 2.50 bits per heavy atom. The summed E-state index contributed by atoms with van der Waals surface area (Å²) < 4.78 is 0. The monoisotopic (exact) mass is 273 g/mol. The first kappa shape index (κ1) is 13.4. The Hall–Kier alpha value is -1.55. The zero-order valence-corrected chi connectivity index (χ0v) is 11.9. The van der Waals surface area contributed by atoms with Gasteiger partial charge in [-0.1, -0.05) is 6.42 Å². The van der Waals surface area contributed by atoms with Crippen LogP contribution in [-0.4, -0.2) is 31.6 Å². The molecule has 3 rings (SSSR count). The van der Waals surface area contributed by atoms with Crippen LogP contribution in [0.25, 0.3) is 0 Å². The SMILES string of the molecule is O=C(Nc1ccc(N2CCCC2)cc1)[C@@H]1CCCCN1. The Labute approximate surface area is 120 Å². The minimum atomic E-state index is -0.0259. The number of piperidine rings is 1. The van der Waals surface area contributed by atoms with Crippen LogP contribution >= 0.6 is 0 Å². The third-order valence-electron chi connectivity index (χ3n) is 4.23. The highest BCUT2D eigenvalue weighted by Crippen LogP contribution is 2.22. The molecule has 2 aliphatic rings. The molecule has 0 aliphatic carbocycles. The van der Waals surface area contributed by atoms with Gasteiger partial charge in [0.2, 0.25) is 5.91 Å². The summed E-state index contributed by atoms with van der Waals surface area (Å²) in [7, 11) is 0. The van der Waals surface area contributed by atoms with Gasteiger partial charge in [-0.2, -0.15) is 0 Å². The lowest BCUT2D eigenvalue weighted by Gasteiger charge is -2.23. The molecule has 2 fully saturated rings. The maximum absolute atomic E-state index is 12.1. The quantitative estimate of drug-likeness (QED) is 0.888. The van der Waals surface area contributed by atoms with Gasteiger partial charge >= 0.3 is 0 Å². The van der Waals surface area contributed by atoms with Gasteiger partial charge in [-0.25, -0.2) is 0 Å². The number of hydrogen-bond donors (Lipinski definition) is 2. The summed E-state index contributed by atoms with van der Waals surface area (Å²) in [5.41, 5.74) is 2.15. The van der Waals surface area contributed by atoms with E-state index in [9.17, 15) is 4.79 Å². The number of hydrogen-bond acceptors (Lipinski definition) is 3. The standard InChI is InChI=1S/C16H23N3O/c20-16(15-5-1-2-10-17-15)18-13-6-8-14(9-7-13)19-11-3-4-12-19/h6-9,15,17H,1-5,10-12H2,(H,18,20)/t15-/m0/s1. The molecule has 2 aliphatic heterocycles. The summed E-state index contributed by atoms with van der Waals surface area (Å²) in [5.74, 6) is 0.0959. The summed E-state index contributed by atoms with van der Waals surface area (Å²) in [5, 5.41) is 6.28. The highest BCUT2D eigenvalue weighted by molar-refractivity contribution is 5.95. The molecule has 4 heteroatoms. The summed E-state index contributed by atoms with van der Waals surface area (Å²) in [6.07, 6.45) is 5.82. The molecule has 2 heterocycles. The van der Waals surface area contributed by atoms with Gasteiger partial charge in [0.1, 0.15) is 0 Å². The van der Waals surface area contributed by atoms with Crippen molar-refractivity contribution >= 4 is 17.3 Å². The van der Waals surface area contributed by atoms with Crippen LogP contribution < -0.4 is 15.5 Å². The van der Waals surface area contributed by atoms with Crippen LogP contribution in [0.5, 0.6) is 0 Å². The van der Waals surface area contributed by atoms with Crippen molar-refractivity contribution in [2.45, 2.75) is 38.1 Å². The minimum Gasteiger partial charge on any atom is -0.372 e. The van der Waals surface area contributed by atoms with Gasteiger partial charge in [-0.05, 0) is 56.5 Å². The molecule has 0 radical (unpaired) electrons. The van der Waals surface area contributed by atoms with Gasteiger partial charge in [0.25, 0.3) is 0 Å². The number of rotatable bonds is 3. The molecule has 20 heavy (non-hydrogen) atoms. The van der Waals surface area contributed by atoms with E-state index >= 15 is 0 Å². The van der Waals surface area contributed by atoms with E-state index in [2.05, 4.69) is 27.7 Å². The van der Waals surface area contributed by atoms with Gasteiger partial charge in [0.15, 0.2) is 0 Å². The third kappa shape index (κ3) is 3.12. The molecule has 1 amide bonds. The maximum atomic E-state index is 12.1. The maximum Gasteiger partial charge on any atom is 0.241 e. The highest BCUT2D eigenvalue weighted by atomic mass is 16.2. The fraction of sp³-hybridized carbons (Fsp3) is 0.562. The Balaban J connectivity index is 1.58. The number of carbonyl (C=O) groups excluding carboxylic acids is 1. The smallest absolute Gasteiger partial charge is 0.241 e. The Kier molecular flexibility index (Phi) is 4.21. The lowest BCUT2D eigenvalue weighted by atomic mass is 10.0. The molecule has 0 saturated carbocycles. The first-order valence-electron chi connectivity index (χ1n) is 7.72. The minimum absolute atomic E-state index is 0.0259. The van der Waals surface area contributed by atoms with E-state index in [-0.39, 0.29) is 11.9 Å². The molecule has 0 aromatic heterocycles. The zero-order valence-electron chi connectivity index (χ0n) is 11.9. The van der Waals surface area contributed by atoms with Gasteiger partial charge in [-0.3, -0.25) is 4.79 Å². The summed E-state index contributed by atoms with van der Waals surface area (Å²) >= 11 is 0. The van der Waals surface area contributed by atoms with E-state index in [1.165, 1.54) is 24.9 Å². The first-order valence-corrected chi connectivity index (χ1v) is 7.72. The second-order valence-electron chi connectivity index (χ2n) is 5.73. The normalized spacial score (nSPS) is 22.8. The lowest BCUT2D eigenvalue weighted by Crippen LogP contribution is -2.43. The van der Waals surface area contributed by atoms with Gasteiger partial charge in [0, 0.05) is 24.5 Å². The summed E-state index contributed by atoms with van der Waals surface area (Å²) in [4.78, 5) is 14.5. The molecular weight excluding hydrogens is 250 g/mol. The molecule has 1 aromatic carbocycles. The molecule has 2 N–H and O–H groups in total. The molecule has 0 bridgehead atoms. The zero-order chi connectivity index (χ0) is 13.8. The largest absolute Gasteiger partial charge is 0.372 e. The molecule has 108 valence electrons. The molecule has 4 nitrogen and oxygen atoms in total. The van der Waals surface area contributed by atoms with E-state index in [1.54, 1.807) is 0 Å². The number of nitrogens with one attached hydrogen (secondary N) is 2. The third-order valence-corrected chi connectivity index (χ3v) is 4.23. The van der Waals surface area contributed by atoms with Crippen LogP contribution in [0.1, 0.15) is 32.1 Å². The molecule has 0 spiro atoms. The first-order chi connectivity index (χ1) is 9.83. The molecule has 1 atom stereocenters. The van der Waals surface area contributed by atoms with Gasteiger partial charge < -0.3 is 15.5 Å². The second kappa shape index (κ2) is 6.27. The number of carbonyl (C=O) groups is 1. The van der Waals surface area contributed by atoms with Crippen molar-refractivity contribution in [1.82, 2.24) is 5.32 Å². The van der Waals surface area contributed by atoms with E-state index in [0.717, 1.165) is 38.2 Å². The van der Waals surface area contributed by atoms with Crippen molar-refractivity contribution in [2.75, 3.05) is 29.9 Å². The van der Waals surface area contributed by atoms with E-state index in [4.69, 9.17) is 0 Å². The fourth-order valence-electron chi connectivity index (χ4n) is 3.04. The Morgan fingerprint density at radius 2 is 1.85 bits per heavy atom. The predicted molar refractivity (Wildman–Crippen MR) is 82.2 cm³/mol. The highest BCUT2D eigenvalue weighted by Gasteiger charge is 2.20. The van der Waals surface area contributed by atoms with Crippen molar-refractivity contribution < 1.29 is 4.79 Å². The summed E-state index contributed by atoms with van der Waals surface area (Å²) in [6.45, 7) is 3.25. The molecule has 1 aromatic rings. The number of anilines is 2. The van der Waals surface area contributed by atoms with E-state index in [1.807, 2.05) is 12.1 Å². The summed E-state index contributed by atoms with van der Waals surface area (Å²) in [6, 6.07) is 8.20. The number of benzene rings is 1. The van der Waals surface area contributed by atoms with Crippen molar-refractivity contribution in [1.29, 1.82) is 0 Å². The van der Waals surface area contributed by atoms with Crippen LogP contribution in [-0.2, 0) is 4.79 Å². The average molecular weight is 273 g/mol.